The zero-order valence-corrected chi connectivity index (χ0v) is 14.9. The fraction of sp³-hybridized carbons (Fsp3) is 0.182. The van der Waals surface area contributed by atoms with Gasteiger partial charge < -0.3 is 9.67 Å². The lowest BCUT2D eigenvalue weighted by Gasteiger charge is -2.09. The molecule has 0 spiro atoms. The third-order valence-electron chi connectivity index (χ3n) is 4.78. The standard InChI is InChI=1S/C22H20N2O2/c1-14-10-15(2)21-18-4-3-9-23-22(18)24(19(21)11-14)13-17-7-5-16(6-8-17)12-20(25)26/h3-11H,12-13H2,1-2H3,(H,25,26). The number of hydrogen-bond donors (Lipinski definition) is 1. The van der Waals surface area contributed by atoms with E-state index >= 15 is 0 Å². The molecule has 0 saturated carbocycles. The molecule has 0 bridgehead atoms. The van der Waals surface area contributed by atoms with Gasteiger partial charge in [-0.15, -0.1) is 0 Å². The molecule has 0 atom stereocenters. The first kappa shape index (κ1) is 16.3. The number of aliphatic carboxylic acids is 1. The Morgan fingerprint density at radius 2 is 1.81 bits per heavy atom. The zero-order chi connectivity index (χ0) is 18.3. The minimum absolute atomic E-state index is 0.0512. The van der Waals surface area contributed by atoms with E-state index in [0.717, 1.165) is 16.8 Å². The number of aryl methyl sites for hydroxylation is 2. The molecule has 130 valence electrons. The molecular formula is C22H20N2O2. The average Bonchev–Trinajstić information content (AvgIpc) is 2.90. The Morgan fingerprint density at radius 1 is 1.08 bits per heavy atom. The summed E-state index contributed by atoms with van der Waals surface area (Å²) in [6, 6.07) is 16.3. The van der Waals surface area contributed by atoms with Gasteiger partial charge in [-0.25, -0.2) is 4.98 Å². The minimum atomic E-state index is -0.810. The topological polar surface area (TPSA) is 55.1 Å². The molecule has 4 aromatic rings. The number of benzene rings is 2. The monoisotopic (exact) mass is 344 g/mol. The number of fused-ring (bicyclic) bond motifs is 3. The van der Waals surface area contributed by atoms with Gasteiger partial charge in [0.05, 0.1) is 11.9 Å². The minimum Gasteiger partial charge on any atom is -0.481 e. The third kappa shape index (κ3) is 2.84. The lowest BCUT2D eigenvalue weighted by atomic mass is 10.1. The van der Waals surface area contributed by atoms with Crippen molar-refractivity contribution in [3.8, 4) is 0 Å². The van der Waals surface area contributed by atoms with Crippen LogP contribution < -0.4 is 0 Å². The van der Waals surface area contributed by atoms with Crippen molar-refractivity contribution in [1.82, 2.24) is 9.55 Å². The second-order valence-electron chi connectivity index (χ2n) is 6.82. The molecule has 0 aliphatic rings. The summed E-state index contributed by atoms with van der Waals surface area (Å²) >= 11 is 0. The van der Waals surface area contributed by atoms with E-state index in [4.69, 9.17) is 5.11 Å². The molecule has 2 aromatic carbocycles. The fourth-order valence-corrected chi connectivity index (χ4v) is 3.71. The SMILES string of the molecule is Cc1cc(C)c2c3cccnc3n(Cc3ccc(CC(=O)O)cc3)c2c1. The smallest absolute Gasteiger partial charge is 0.307 e. The van der Waals surface area contributed by atoms with Gasteiger partial charge in [0.1, 0.15) is 5.65 Å². The van der Waals surface area contributed by atoms with Gasteiger partial charge in [-0.2, -0.15) is 0 Å². The van der Waals surface area contributed by atoms with Crippen LogP contribution in [0.1, 0.15) is 22.3 Å². The quantitative estimate of drug-likeness (QED) is 0.594. The molecule has 0 aliphatic heterocycles. The summed E-state index contributed by atoms with van der Waals surface area (Å²) in [5, 5.41) is 11.3. The molecule has 0 saturated heterocycles. The van der Waals surface area contributed by atoms with Gasteiger partial charge >= 0.3 is 5.97 Å². The second kappa shape index (κ2) is 6.30. The van der Waals surface area contributed by atoms with Crippen LogP contribution in [0.15, 0.2) is 54.7 Å². The van der Waals surface area contributed by atoms with Gasteiger partial charge in [0.2, 0.25) is 0 Å². The van der Waals surface area contributed by atoms with Gasteiger partial charge in [0, 0.05) is 23.5 Å². The Labute approximate surface area is 151 Å². The summed E-state index contributed by atoms with van der Waals surface area (Å²) in [7, 11) is 0. The predicted octanol–water partition coefficient (Wildman–Crippen LogP) is 4.48. The molecule has 4 heteroatoms. The Balaban J connectivity index is 1.84. The van der Waals surface area contributed by atoms with E-state index in [2.05, 4.69) is 41.6 Å². The molecule has 26 heavy (non-hydrogen) atoms. The number of hydrogen-bond acceptors (Lipinski definition) is 2. The first-order chi connectivity index (χ1) is 12.5. The summed E-state index contributed by atoms with van der Waals surface area (Å²) in [4.78, 5) is 15.5. The number of carbonyl (C=O) groups is 1. The van der Waals surface area contributed by atoms with Gasteiger partial charge in [-0.1, -0.05) is 30.3 Å². The highest BCUT2D eigenvalue weighted by Gasteiger charge is 2.14. The molecule has 4 nitrogen and oxygen atoms in total. The lowest BCUT2D eigenvalue weighted by Crippen LogP contribution is -2.02. The number of carboxylic acids is 1. The summed E-state index contributed by atoms with van der Waals surface area (Å²) in [6.45, 7) is 4.96. The van der Waals surface area contributed by atoms with E-state index in [1.807, 2.05) is 36.5 Å². The Morgan fingerprint density at radius 3 is 2.54 bits per heavy atom. The number of rotatable bonds is 4. The molecule has 0 amide bonds. The highest BCUT2D eigenvalue weighted by atomic mass is 16.4. The Hall–Kier alpha value is -3.14. The number of carboxylic acid groups (broad SMARTS) is 1. The van der Waals surface area contributed by atoms with Crippen LogP contribution in [0.3, 0.4) is 0 Å². The van der Waals surface area contributed by atoms with Crippen molar-refractivity contribution in [3.63, 3.8) is 0 Å². The van der Waals surface area contributed by atoms with Crippen molar-refractivity contribution in [1.29, 1.82) is 0 Å². The maximum atomic E-state index is 10.9. The molecule has 4 rings (SSSR count). The maximum absolute atomic E-state index is 10.9. The first-order valence-corrected chi connectivity index (χ1v) is 8.67. The largest absolute Gasteiger partial charge is 0.481 e. The van der Waals surface area contributed by atoms with Gasteiger partial charge in [-0.3, -0.25) is 4.79 Å². The zero-order valence-electron chi connectivity index (χ0n) is 14.9. The highest BCUT2D eigenvalue weighted by Crippen LogP contribution is 2.31. The predicted molar refractivity (Wildman–Crippen MR) is 104 cm³/mol. The van der Waals surface area contributed by atoms with E-state index < -0.39 is 5.97 Å². The number of pyridine rings is 1. The van der Waals surface area contributed by atoms with Crippen molar-refractivity contribution in [2.75, 3.05) is 0 Å². The molecule has 0 aliphatic carbocycles. The molecule has 0 unspecified atom stereocenters. The summed E-state index contributed by atoms with van der Waals surface area (Å²) in [5.41, 5.74) is 6.59. The highest BCUT2D eigenvalue weighted by molar-refractivity contribution is 6.08. The maximum Gasteiger partial charge on any atom is 0.307 e. The second-order valence-corrected chi connectivity index (χ2v) is 6.82. The van der Waals surface area contributed by atoms with Crippen molar-refractivity contribution >= 4 is 27.9 Å². The normalized spacial score (nSPS) is 11.3. The van der Waals surface area contributed by atoms with Gasteiger partial charge in [-0.05, 0) is 54.3 Å². The average molecular weight is 344 g/mol. The van der Waals surface area contributed by atoms with E-state index in [1.54, 1.807) is 0 Å². The van der Waals surface area contributed by atoms with Crippen LogP contribution in [0.25, 0.3) is 21.9 Å². The lowest BCUT2D eigenvalue weighted by molar-refractivity contribution is -0.136. The van der Waals surface area contributed by atoms with Crippen molar-refractivity contribution < 1.29 is 9.90 Å². The van der Waals surface area contributed by atoms with Crippen LogP contribution in [0.2, 0.25) is 0 Å². The van der Waals surface area contributed by atoms with E-state index in [9.17, 15) is 4.79 Å². The number of nitrogens with zero attached hydrogens (tertiary/aromatic N) is 2. The summed E-state index contributed by atoms with van der Waals surface area (Å²) in [5.74, 6) is -0.810. The van der Waals surface area contributed by atoms with Gasteiger partial charge in [0.25, 0.3) is 0 Å². The summed E-state index contributed by atoms with van der Waals surface area (Å²) in [6.07, 6.45) is 1.88. The molecular weight excluding hydrogens is 324 g/mol. The van der Waals surface area contributed by atoms with Crippen molar-refractivity contribution in [2.45, 2.75) is 26.8 Å². The van der Waals surface area contributed by atoms with Crippen LogP contribution in [0, 0.1) is 13.8 Å². The summed E-state index contributed by atoms with van der Waals surface area (Å²) < 4.78 is 2.25. The molecule has 0 radical (unpaired) electrons. The fourth-order valence-electron chi connectivity index (χ4n) is 3.71. The molecule has 0 fully saturated rings. The van der Waals surface area contributed by atoms with Crippen molar-refractivity contribution in [3.05, 3.63) is 77.0 Å². The Bertz CT molecular complexity index is 1120. The van der Waals surface area contributed by atoms with Crippen LogP contribution in [0.4, 0.5) is 0 Å². The Kier molecular flexibility index (Phi) is 3.96. The molecule has 2 heterocycles. The molecule has 1 N–H and O–H groups in total. The van der Waals surface area contributed by atoms with E-state index in [0.29, 0.717) is 6.54 Å². The third-order valence-corrected chi connectivity index (χ3v) is 4.78. The van der Waals surface area contributed by atoms with E-state index in [1.165, 1.54) is 27.4 Å². The van der Waals surface area contributed by atoms with Crippen molar-refractivity contribution in [2.24, 2.45) is 0 Å². The van der Waals surface area contributed by atoms with Crippen LogP contribution in [0.5, 0.6) is 0 Å². The van der Waals surface area contributed by atoms with Crippen LogP contribution >= 0.6 is 0 Å². The van der Waals surface area contributed by atoms with Crippen LogP contribution in [-0.4, -0.2) is 20.6 Å². The number of aromatic nitrogens is 2. The first-order valence-electron chi connectivity index (χ1n) is 8.67. The van der Waals surface area contributed by atoms with Gasteiger partial charge in [0.15, 0.2) is 0 Å². The van der Waals surface area contributed by atoms with Crippen LogP contribution in [-0.2, 0) is 17.8 Å². The van der Waals surface area contributed by atoms with E-state index in [-0.39, 0.29) is 6.42 Å². The molecule has 2 aromatic heterocycles.